The Hall–Kier alpha value is -3.60. The maximum atomic E-state index is 12.8. The van der Waals surface area contributed by atoms with E-state index in [0.717, 1.165) is 11.8 Å². The molecule has 2 aromatic carbocycles. The number of nitro benzene ring substituents is 1. The number of benzene rings is 2. The number of non-ortho nitro benzene ring substituents is 1. The highest BCUT2D eigenvalue weighted by molar-refractivity contribution is 8.15. The van der Waals surface area contributed by atoms with Crippen molar-refractivity contribution < 1.29 is 18.9 Å². The van der Waals surface area contributed by atoms with E-state index in [-0.39, 0.29) is 29.0 Å². The molecule has 0 radical (unpaired) electrons. The van der Waals surface area contributed by atoms with Crippen LogP contribution in [0, 0.1) is 15.9 Å². The maximum absolute atomic E-state index is 12.8. The molecule has 11 heteroatoms. The SMILES string of the molecule is O=C(CC1S/C(=N/N=C/c2ccc(F)cc2)NC1=O)Nc1ccc([N+](=O)[O-])cc1. The lowest BCUT2D eigenvalue weighted by Crippen LogP contribution is -2.28. The van der Waals surface area contributed by atoms with E-state index < -0.39 is 16.1 Å². The number of nitrogens with zero attached hydrogens (tertiary/aromatic N) is 3. The predicted octanol–water partition coefficient (Wildman–Crippen LogP) is 2.68. The van der Waals surface area contributed by atoms with Crippen LogP contribution in [0.1, 0.15) is 12.0 Å². The molecule has 0 saturated carbocycles. The van der Waals surface area contributed by atoms with Crippen LogP contribution in [0.25, 0.3) is 0 Å². The number of thioether (sulfide) groups is 1. The van der Waals surface area contributed by atoms with Crippen LogP contribution in [-0.4, -0.2) is 33.4 Å². The molecule has 1 unspecified atom stereocenters. The summed E-state index contributed by atoms with van der Waals surface area (Å²) in [4.78, 5) is 34.2. The predicted molar refractivity (Wildman–Crippen MR) is 107 cm³/mol. The third kappa shape index (κ3) is 5.69. The highest BCUT2D eigenvalue weighted by Crippen LogP contribution is 2.23. The highest BCUT2D eigenvalue weighted by atomic mass is 32.2. The fourth-order valence-corrected chi connectivity index (χ4v) is 3.25. The second-order valence-corrected chi connectivity index (χ2v) is 7.04. The topological polar surface area (TPSA) is 126 Å². The number of carbonyl (C=O) groups is 2. The Morgan fingerprint density at radius 3 is 2.59 bits per heavy atom. The van der Waals surface area contributed by atoms with Gasteiger partial charge in [-0.2, -0.15) is 5.10 Å². The van der Waals surface area contributed by atoms with Crippen LogP contribution in [0.5, 0.6) is 0 Å². The van der Waals surface area contributed by atoms with Gasteiger partial charge in [0.1, 0.15) is 11.1 Å². The van der Waals surface area contributed by atoms with E-state index in [2.05, 4.69) is 20.8 Å². The largest absolute Gasteiger partial charge is 0.326 e. The first-order valence-electron chi connectivity index (χ1n) is 8.29. The fraction of sp³-hybridized carbons (Fsp3) is 0.111. The molecule has 1 aliphatic heterocycles. The average molecular weight is 415 g/mol. The zero-order valence-corrected chi connectivity index (χ0v) is 15.6. The summed E-state index contributed by atoms with van der Waals surface area (Å²) in [5.41, 5.74) is 0.946. The Morgan fingerprint density at radius 1 is 1.24 bits per heavy atom. The van der Waals surface area contributed by atoms with Crippen molar-refractivity contribution in [3.63, 3.8) is 0 Å². The van der Waals surface area contributed by atoms with Gasteiger partial charge in [-0.05, 0) is 29.8 Å². The second kappa shape index (κ2) is 9.06. The standard InChI is InChI=1S/C18H14FN5O4S/c19-12-3-1-11(2-4-12)10-20-23-18-22-17(26)15(29-18)9-16(25)21-13-5-7-14(8-6-13)24(27)28/h1-8,10,15H,9H2,(H,21,25)(H,22,23,26)/b20-10+. The molecule has 1 atom stereocenters. The van der Waals surface area contributed by atoms with Gasteiger partial charge in [0.15, 0.2) is 5.17 Å². The van der Waals surface area contributed by atoms with E-state index >= 15 is 0 Å². The number of anilines is 1. The first kappa shape index (κ1) is 20.1. The summed E-state index contributed by atoms with van der Waals surface area (Å²) in [6, 6.07) is 11.0. The summed E-state index contributed by atoms with van der Waals surface area (Å²) < 4.78 is 12.8. The summed E-state index contributed by atoms with van der Waals surface area (Å²) in [5.74, 6) is -1.14. The first-order valence-corrected chi connectivity index (χ1v) is 9.17. The molecule has 0 spiro atoms. The van der Waals surface area contributed by atoms with Gasteiger partial charge in [0, 0.05) is 24.2 Å². The lowest BCUT2D eigenvalue weighted by Gasteiger charge is -2.07. The number of halogens is 1. The van der Waals surface area contributed by atoms with Gasteiger partial charge >= 0.3 is 0 Å². The summed E-state index contributed by atoms with van der Waals surface area (Å²) in [6.07, 6.45) is 1.31. The monoisotopic (exact) mass is 415 g/mol. The number of amidine groups is 1. The molecule has 29 heavy (non-hydrogen) atoms. The van der Waals surface area contributed by atoms with Gasteiger partial charge < -0.3 is 10.6 Å². The number of hydrogen-bond acceptors (Lipinski definition) is 7. The van der Waals surface area contributed by atoms with Crippen molar-refractivity contribution in [2.24, 2.45) is 10.2 Å². The van der Waals surface area contributed by atoms with Crippen molar-refractivity contribution in [2.75, 3.05) is 5.32 Å². The highest BCUT2D eigenvalue weighted by Gasteiger charge is 2.32. The van der Waals surface area contributed by atoms with Crippen molar-refractivity contribution in [2.45, 2.75) is 11.7 Å². The molecule has 0 aliphatic carbocycles. The minimum Gasteiger partial charge on any atom is -0.326 e. The zero-order valence-electron chi connectivity index (χ0n) is 14.7. The molecule has 2 N–H and O–H groups in total. The van der Waals surface area contributed by atoms with Crippen LogP contribution in [0.4, 0.5) is 15.8 Å². The molecule has 148 valence electrons. The third-order valence-corrected chi connectivity index (χ3v) is 4.81. The van der Waals surface area contributed by atoms with Gasteiger partial charge in [-0.25, -0.2) is 4.39 Å². The Bertz CT molecular complexity index is 992. The van der Waals surface area contributed by atoms with Crippen LogP contribution >= 0.6 is 11.8 Å². The van der Waals surface area contributed by atoms with E-state index in [1.54, 1.807) is 0 Å². The van der Waals surface area contributed by atoms with E-state index in [0.29, 0.717) is 11.3 Å². The van der Waals surface area contributed by atoms with Crippen LogP contribution in [0.15, 0.2) is 58.7 Å². The quantitative estimate of drug-likeness (QED) is 0.426. The molecular weight excluding hydrogens is 401 g/mol. The third-order valence-electron chi connectivity index (χ3n) is 3.73. The Kier molecular flexibility index (Phi) is 6.29. The number of nitro groups is 1. The molecular formula is C18H14FN5O4S. The normalized spacial score (nSPS) is 17.5. The van der Waals surface area contributed by atoms with Crippen LogP contribution < -0.4 is 10.6 Å². The Morgan fingerprint density at radius 2 is 1.93 bits per heavy atom. The van der Waals surface area contributed by atoms with Crippen molar-refractivity contribution >= 4 is 46.3 Å². The number of rotatable bonds is 6. The number of carbonyl (C=O) groups excluding carboxylic acids is 2. The van der Waals surface area contributed by atoms with Gasteiger partial charge in [0.25, 0.3) is 5.69 Å². The minimum atomic E-state index is -0.673. The first-order chi connectivity index (χ1) is 13.9. The van der Waals surface area contributed by atoms with E-state index in [1.165, 1.54) is 54.7 Å². The number of nitrogens with one attached hydrogen (secondary N) is 2. The smallest absolute Gasteiger partial charge is 0.269 e. The van der Waals surface area contributed by atoms with Gasteiger partial charge in [-0.1, -0.05) is 23.9 Å². The Labute approximate surface area is 168 Å². The van der Waals surface area contributed by atoms with Gasteiger partial charge in [0.2, 0.25) is 11.8 Å². The molecule has 2 amide bonds. The molecule has 1 aliphatic rings. The molecule has 3 rings (SSSR count). The minimum absolute atomic E-state index is 0.0872. The zero-order chi connectivity index (χ0) is 20.8. The molecule has 9 nitrogen and oxygen atoms in total. The fourth-order valence-electron chi connectivity index (χ4n) is 2.33. The van der Waals surface area contributed by atoms with Gasteiger partial charge in [0.05, 0.1) is 11.1 Å². The number of amides is 2. The number of hydrogen-bond donors (Lipinski definition) is 2. The van der Waals surface area contributed by atoms with Gasteiger partial charge in [-0.3, -0.25) is 19.7 Å². The molecule has 2 aromatic rings. The van der Waals surface area contributed by atoms with E-state index in [9.17, 15) is 24.1 Å². The Balaban J connectivity index is 1.53. The molecule has 1 fully saturated rings. The average Bonchev–Trinajstić information content (AvgIpc) is 3.03. The van der Waals surface area contributed by atoms with Crippen LogP contribution in [0.3, 0.4) is 0 Å². The lowest BCUT2D eigenvalue weighted by molar-refractivity contribution is -0.384. The van der Waals surface area contributed by atoms with Crippen molar-refractivity contribution in [1.29, 1.82) is 0 Å². The summed E-state index contributed by atoms with van der Waals surface area (Å²) >= 11 is 1.07. The maximum Gasteiger partial charge on any atom is 0.269 e. The van der Waals surface area contributed by atoms with E-state index in [1.807, 2.05) is 0 Å². The van der Waals surface area contributed by atoms with Crippen molar-refractivity contribution in [1.82, 2.24) is 5.32 Å². The van der Waals surface area contributed by atoms with Crippen LogP contribution in [0.2, 0.25) is 0 Å². The van der Waals surface area contributed by atoms with Gasteiger partial charge in [-0.15, -0.1) is 5.10 Å². The van der Waals surface area contributed by atoms with Crippen LogP contribution in [-0.2, 0) is 9.59 Å². The van der Waals surface area contributed by atoms with E-state index in [4.69, 9.17) is 0 Å². The lowest BCUT2D eigenvalue weighted by atomic mass is 10.2. The molecule has 1 saturated heterocycles. The molecule has 1 heterocycles. The van der Waals surface area contributed by atoms with Crippen molar-refractivity contribution in [3.05, 3.63) is 70.0 Å². The summed E-state index contributed by atoms with van der Waals surface area (Å²) in [6.45, 7) is 0. The summed E-state index contributed by atoms with van der Waals surface area (Å²) in [7, 11) is 0. The van der Waals surface area contributed by atoms with Crippen molar-refractivity contribution in [3.8, 4) is 0 Å². The molecule has 0 aromatic heterocycles. The second-order valence-electron chi connectivity index (χ2n) is 5.85. The summed E-state index contributed by atoms with van der Waals surface area (Å²) in [5, 5.41) is 23.1. The molecule has 0 bridgehead atoms.